The van der Waals surface area contributed by atoms with Crippen molar-refractivity contribution in [3.8, 4) is 0 Å². The minimum absolute atomic E-state index is 0.135. The molecule has 0 amide bonds. The molecule has 0 bridgehead atoms. The molecule has 0 unspecified atom stereocenters. The van der Waals surface area contributed by atoms with E-state index in [1.165, 1.54) is 6.08 Å². The molecule has 0 atom stereocenters. The van der Waals surface area contributed by atoms with Crippen LogP contribution in [0.25, 0.3) is 0 Å². The number of nitrogens with zero attached hydrogens (tertiary/aromatic N) is 2. The van der Waals surface area contributed by atoms with Gasteiger partial charge >= 0.3 is 0 Å². The van der Waals surface area contributed by atoms with Crippen molar-refractivity contribution < 1.29 is 8.78 Å². The first kappa shape index (κ1) is 10.7. The summed E-state index contributed by atoms with van der Waals surface area (Å²) in [5.74, 6) is 0.135. The lowest BCUT2D eigenvalue weighted by atomic mass is 10.4. The molecular formula is C7H11F2N3. The Hall–Kier alpha value is -1.26. The Balaban J connectivity index is 4.24. The maximum absolute atomic E-state index is 11.6. The summed E-state index contributed by atoms with van der Waals surface area (Å²) in [5, 5.41) is 0. The summed E-state index contributed by atoms with van der Waals surface area (Å²) in [5.41, 5.74) is 5.73. The van der Waals surface area contributed by atoms with Crippen molar-refractivity contribution in [3.63, 3.8) is 0 Å². The predicted octanol–water partition coefficient (Wildman–Crippen LogP) is 1.21. The number of alkyl halides is 2. The van der Waals surface area contributed by atoms with Crippen molar-refractivity contribution in [1.29, 1.82) is 0 Å². The number of hydrogen-bond acceptors (Lipinski definition) is 2. The molecule has 0 radical (unpaired) electrons. The Morgan fingerprint density at radius 3 is 2.58 bits per heavy atom. The molecule has 0 aliphatic rings. The quantitative estimate of drug-likeness (QED) is 0.508. The molecule has 0 aliphatic carbocycles. The van der Waals surface area contributed by atoms with Crippen LogP contribution in [0.1, 0.15) is 6.92 Å². The molecule has 5 heteroatoms. The van der Waals surface area contributed by atoms with Crippen LogP contribution in [0.5, 0.6) is 0 Å². The highest BCUT2D eigenvalue weighted by atomic mass is 19.3. The first-order chi connectivity index (χ1) is 5.56. The van der Waals surface area contributed by atoms with Crippen LogP contribution in [0, 0.1) is 0 Å². The lowest BCUT2D eigenvalue weighted by Gasteiger charge is -1.95. The van der Waals surface area contributed by atoms with Gasteiger partial charge in [0.2, 0.25) is 0 Å². The van der Waals surface area contributed by atoms with Gasteiger partial charge in [-0.15, -0.1) is 0 Å². The van der Waals surface area contributed by atoms with Crippen molar-refractivity contribution in [1.82, 2.24) is 0 Å². The molecule has 0 aliphatic heterocycles. The lowest BCUT2D eigenvalue weighted by molar-refractivity contribution is 0.159. The molecule has 0 saturated heterocycles. The van der Waals surface area contributed by atoms with Gasteiger partial charge in [0.25, 0.3) is 6.43 Å². The van der Waals surface area contributed by atoms with E-state index in [4.69, 9.17) is 5.73 Å². The van der Waals surface area contributed by atoms with Gasteiger partial charge in [0.05, 0.1) is 0 Å². The van der Waals surface area contributed by atoms with Gasteiger partial charge in [0.1, 0.15) is 12.4 Å². The topological polar surface area (TPSA) is 50.7 Å². The molecule has 0 heterocycles. The first-order valence-corrected chi connectivity index (χ1v) is 3.29. The molecule has 3 nitrogen and oxygen atoms in total. The standard InChI is InChI=1S/C7H11F2N3/c1-5(10)3-7(11-2)12-4-6(8)9/h3,6H,2,4,10H2,1H3. The SMILES string of the molecule is C=NC(C=C(C)N)=NCC(F)F. The van der Waals surface area contributed by atoms with Gasteiger partial charge in [0, 0.05) is 11.8 Å². The highest BCUT2D eigenvalue weighted by molar-refractivity contribution is 5.96. The number of allylic oxidation sites excluding steroid dienone is 1. The minimum atomic E-state index is -2.46. The maximum atomic E-state index is 11.6. The molecule has 0 saturated carbocycles. The fourth-order valence-corrected chi connectivity index (χ4v) is 0.507. The Morgan fingerprint density at radius 2 is 2.25 bits per heavy atom. The zero-order valence-electron chi connectivity index (χ0n) is 6.80. The van der Waals surface area contributed by atoms with E-state index in [-0.39, 0.29) is 5.84 Å². The second kappa shape index (κ2) is 5.40. The molecule has 0 aromatic heterocycles. The summed E-state index contributed by atoms with van der Waals surface area (Å²) in [7, 11) is 0. The van der Waals surface area contributed by atoms with Gasteiger partial charge in [-0.05, 0) is 13.6 Å². The van der Waals surface area contributed by atoms with Crippen molar-refractivity contribution in [2.45, 2.75) is 13.3 Å². The summed E-state index contributed by atoms with van der Waals surface area (Å²) in [4.78, 5) is 6.87. The van der Waals surface area contributed by atoms with Crippen LogP contribution in [-0.4, -0.2) is 25.5 Å². The van der Waals surface area contributed by atoms with E-state index in [0.29, 0.717) is 5.70 Å². The average molecular weight is 175 g/mol. The highest BCUT2D eigenvalue weighted by Gasteiger charge is 1.99. The summed E-state index contributed by atoms with van der Waals surface area (Å²) in [6.45, 7) is 4.21. The predicted molar refractivity (Wildman–Crippen MR) is 45.8 cm³/mol. The van der Waals surface area contributed by atoms with E-state index in [1.54, 1.807) is 6.92 Å². The smallest absolute Gasteiger partial charge is 0.257 e. The highest BCUT2D eigenvalue weighted by Crippen LogP contribution is 1.94. The van der Waals surface area contributed by atoms with Crippen LogP contribution < -0.4 is 5.73 Å². The number of nitrogens with two attached hydrogens (primary N) is 1. The molecular weight excluding hydrogens is 164 g/mol. The van der Waals surface area contributed by atoms with Gasteiger partial charge in [-0.2, -0.15) is 0 Å². The molecule has 2 N–H and O–H groups in total. The Bertz CT molecular complexity index is 205. The third kappa shape index (κ3) is 5.52. The van der Waals surface area contributed by atoms with Gasteiger partial charge in [0.15, 0.2) is 0 Å². The molecule has 12 heavy (non-hydrogen) atoms. The monoisotopic (exact) mass is 175 g/mol. The third-order valence-electron chi connectivity index (χ3n) is 0.910. The van der Waals surface area contributed by atoms with Gasteiger partial charge in [-0.3, -0.25) is 4.99 Å². The summed E-state index contributed by atoms with van der Waals surface area (Å²) in [6, 6.07) is 0. The number of aliphatic imine (C=N–C) groups is 2. The van der Waals surface area contributed by atoms with E-state index in [1.807, 2.05) is 0 Å². The Kier molecular flexibility index (Phi) is 4.83. The second-order valence-electron chi connectivity index (χ2n) is 2.14. The molecule has 0 fully saturated rings. The van der Waals surface area contributed by atoms with E-state index in [2.05, 4.69) is 16.7 Å². The van der Waals surface area contributed by atoms with Crippen LogP contribution in [-0.2, 0) is 0 Å². The van der Waals surface area contributed by atoms with Crippen LogP contribution in [0.2, 0.25) is 0 Å². The third-order valence-corrected chi connectivity index (χ3v) is 0.910. The molecule has 0 aromatic carbocycles. The fraction of sp³-hybridized carbons (Fsp3) is 0.429. The Labute approximate surface area is 69.7 Å². The van der Waals surface area contributed by atoms with Crippen LogP contribution in [0.15, 0.2) is 21.8 Å². The van der Waals surface area contributed by atoms with E-state index in [9.17, 15) is 8.78 Å². The number of halogens is 2. The van der Waals surface area contributed by atoms with Crippen molar-refractivity contribution >= 4 is 12.6 Å². The summed E-state index contributed by atoms with van der Waals surface area (Å²) < 4.78 is 23.3. The zero-order valence-corrected chi connectivity index (χ0v) is 6.80. The maximum Gasteiger partial charge on any atom is 0.257 e. The second-order valence-corrected chi connectivity index (χ2v) is 2.14. The van der Waals surface area contributed by atoms with Crippen LogP contribution in [0.3, 0.4) is 0 Å². The van der Waals surface area contributed by atoms with Crippen molar-refractivity contribution in [2.24, 2.45) is 15.7 Å². The lowest BCUT2D eigenvalue weighted by Crippen LogP contribution is -2.01. The first-order valence-electron chi connectivity index (χ1n) is 3.29. The Morgan fingerprint density at radius 1 is 1.67 bits per heavy atom. The van der Waals surface area contributed by atoms with Crippen LogP contribution >= 0.6 is 0 Å². The average Bonchev–Trinajstić information content (AvgIpc) is 1.97. The summed E-state index contributed by atoms with van der Waals surface area (Å²) in [6.07, 6.45) is -1.08. The van der Waals surface area contributed by atoms with Gasteiger partial charge < -0.3 is 5.73 Å². The molecule has 68 valence electrons. The van der Waals surface area contributed by atoms with Gasteiger partial charge in [-0.25, -0.2) is 13.8 Å². The largest absolute Gasteiger partial charge is 0.402 e. The minimum Gasteiger partial charge on any atom is -0.402 e. The number of amidine groups is 1. The van der Waals surface area contributed by atoms with E-state index in [0.717, 1.165) is 0 Å². The molecule has 0 aromatic rings. The number of hydrogen-bond donors (Lipinski definition) is 1. The van der Waals surface area contributed by atoms with E-state index >= 15 is 0 Å². The summed E-state index contributed by atoms with van der Waals surface area (Å²) >= 11 is 0. The van der Waals surface area contributed by atoms with E-state index < -0.39 is 13.0 Å². The van der Waals surface area contributed by atoms with Gasteiger partial charge in [-0.1, -0.05) is 0 Å². The molecule has 0 rings (SSSR count). The fourth-order valence-electron chi connectivity index (χ4n) is 0.507. The normalized spacial score (nSPS) is 13.7. The zero-order chi connectivity index (χ0) is 9.56. The van der Waals surface area contributed by atoms with Crippen LogP contribution in [0.4, 0.5) is 8.78 Å². The number of rotatable bonds is 3. The molecule has 0 spiro atoms. The van der Waals surface area contributed by atoms with Crippen molar-refractivity contribution in [2.75, 3.05) is 6.54 Å². The van der Waals surface area contributed by atoms with Crippen molar-refractivity contribution in [3.05, 3.63) is 11.8 Å².